The standard InChI is InChI=1S/C20H18BrClN2O3/c1-20(11-27-12-20)10-24-17-8-15(22)6-7-16(17)18(25)23(19(24)26)9-13-2-4-14(21)5-3-13/h2-8H,9-12H2,1H3. The molecule has 140 valence electrons. The summed E-state index contributed by atoms with van der Waals surface area (Å²) in [6.45, 7) is 3.95. The van der Waals surface area contributed by atoms with Crippen LogP contribution >= 0.6 is 27.5 Å². The Hall–Kier alpha value is -1.89. The van der Waals surface area contributed by atoms with E-state index >= 15 is 0 Å². The van der Waals surface area contributed by atoms with E-state index in [-0.39, 0.29) is 23.2 Å². The van der Waals surface area contributed by atoms with Gasteiger partial charge in [0.2, 0.25) is 0 Å². The number of ether oxygens (including phenoxy) is 1. The Bertz CT molecular complexity index is 1130. The molecule has 0 spiro atoms. The van der Waals surface area contributed by atoms with E-state index in [4.69, 9.17) is 16.3 Å². The fourth-order valence-electron chi connectivity index (χ4n) is 3.38. The lowest BCUT2D eigenvalue weighted by atomic mass is 9.88. The van der Waals surface area contributed by atoms with Crippen molar-refractivity contribution in [1.29, 1.82) is 0 Å². The average molecular weight is 450 g/mol. The van der Waals surface area contributed by atoms with Crippen molar-refractivity contribution < 1.29 is 4.74 Å². The maximum absolute atomic E-state index is 13.2. The number of aromatic nitrogens is 2. The van der Waals surface area contributed by atoms with E-state index in [1.54, 1.807) is 22.8 Å². The summed E-state index contributed by atoms with van der Waals surface area (Å²) in [5, 5.41) is 0.982. The largest absolute Gasteiger partial charge is 0.380 e. The number of nitrogens with zero attached hydrogens (tertiary/aromatic N) is 2. The third-order valence-electron chi connectivity index (χ3n) is 4.88. The van der Waals surface area contributed by atoms with Crippen LogP contribution in [0.4, 0.5) is 0 Å². The van der Waals surface area contributed by atoms with E-state index in [1.807, 2.05) is 24.3 Å². The van der Waals surface area contributed by atoms with Crippen molar-refractivity contribution in [2.24, 2.45) is 5.41 Å². The van der Waals surface area contributed by atoms with Crippen molar-refractivity contribution in [3.8, 4) is 0 Å². The number of fused-ring (bicyclic) bond motifs is 1. The minimum absolute atomic E-state index is 0.126. The molecule has 0 atom stereocenters. The van der Waals surface area contributed by atoms with Crippen molar-refractivity contribution in [2.45, 2.75) is 20.0 Å². The highest BCUT2D eigenvalue weighted by Crippen LogP contribution is 2.29. The minimum Gasteiger partial charge on any atom is -0.380 e. The van der Waals surface area contributed by atoms with E-state index in [9.17, 15) is 9.59 Å². The summed E-state index contributed by atoms with van der Waals surface area (Å²) in [4.78, 5) is 26.2. The quantitative estimate of drug-likeness (QED) is 0.611. The van der Waals surface area contributed by atoms with Gasteiger partial charge in [0.25, 0.3) is 5.56 Å². The third-order valence-corrected chi connectivity index (χ3v) is 5.65. The van der Waals surface area contributed by atoms with Crippen molar-refractivity contribution in [3.05, 3.63) is 78.4 Å². The van der Waals surface area contributed by atoms with Gasteiger partial charge in [-0.15, -0.1) is 0 Å². The van der Waals surface area contributed by atoms with Gasteiger partial charge in [0.15, 0.2) is 0 Å². The number of rotatable bonds is 4. The second kappa shape index (κ2) is 6.93. The Balaban J connectivity index is 1.90. The summed E-state index contributed by atoms with van der Waals surface area (Å²) in [5.74, 6) is 0. The van der Waals surface area contributed by atoms with Crippen molar-refractivity contribution in [3.63, 3.8) is 0 Å². The molecule has 1 aliphatic rings. The first-order valence-electron chi connectivity index (χ1n) is 8.61. The lowest BCUT2D eigenvalue weighted by molar-refractivity contribution is -0.110. The van der Waals surface area contributed by atoms with Crippen LogP contribution in [0.3, 0.4) is 0 Å². The maximum atomic E-state index is 13.2. The highest BCUT2D eigenvalue weighted by Gasteiger charge is 2.35. The van der Waals surface area contributed by atoms with Crippen molar-refractivity contribution >= 4 is 38.4 Å². The second-order valence-corrected chi connectivity index (χ2v) is 8.70. The van der Waals surface area contributed by atoms with Crippen LogP contribution in [0.2, 0.25) is 5.02 Å². The molecule has 1 aliphatic heterocycles. The Morgan fingerprint density at radius 2 is 1.81 bits per heavy atom. The molecule has 5 nitrogen and oxygen atoms in total. The Kier molecular flexibility index (Phi) is 4.74. The summed E-state index contributed by atoms with van der Waals surface area (Å²) < 4.78 is 9.23. The molecule has 2 heterocycles. The van der Waals surface area contributed by atoms with Crippen molar-refractivity contribution in [1.82, 2.24) is 9.13 Å². The third kappa shape index (κ3) is 3.49. The van der Waals surface area contributed by atoms with Crippen LogP contribution in [0.15, 0.2) is 56.5 Å². The minimum atomic E-state index is -0.328. The topological polar surface area (TPSA) is 53.2 Å². The Morgan fingerprint density at radius 1 is 1.11 bits per heavy atom. The van der Waals surface area contributed by atoms with Gasteiger partial charge in [-0.3, -0.25) is 13.9 Å². The van der Waals surface area contributed by atoms with Crippen LogP contribution in [0.5, 0.6) is 0 Å². The first-order valence-corrected chi connectivity index (χ1v) is 9.79. The van der Waals surface area contributed by atoms with Gasteiger partial charge in [-0.25, -0.2) is 4.79 Å². The van der Waals surface area contributed by atoms with E-state index in [2.05, 4.69) is 22.9 Å². The highest BCUT2D eigenvalue weighted by atomic mass is 79.9. The fourth-order valence-corrected chi connectivity index (χ4v) is 3.81. The average Bonchev–Trinajstić information content (AvgIpc) is 2.62. The molecule has 0 unspecified atom stereocenters. The lowest BCUT2D eigenvalue weighted by Gasteiger charge is -2.38. The highest BCUT2D eigenvalue weighted by molar-refractivity contribution is 9.10. The van der Waals surface area contributed by atoms with Crippen LogP contribution < -0.4 is 11.2 Å². The Labute approximate surface area is 169 Å². The molecule has 4 rings (SSSR count). The number of hydrogen-bond acceptors (Lipinski definition) is 3. The Morgan fingerprint density at radius 3 is 2.44 bits per heavy atom. The molecule has 0 N–H and O–H groups in total. The molecule has 0 amide bonds. The summed E-state index contributed by atoms with van der Waals surface area (Å²) in [6, 6.07) is 12.6. The molecule has 1 fully saturated rings. The summed E-state index contributed by atoms with van der Waals surface area (Å²) >= 11 is 9.54. The number of benzene rings is 2. The number of hydrogen-bond donors (Lipinski definition) is 0. The smallest absolute Gasteiger partial charge is 0.331 e. The predicted molar refractivity (Wildman–Crippen MR) is 110 cm³/mol. The van der Waals surface area contributed by atoms with E-state index in [0.29, 0.717) is 35.7 Å². The zero-order valence-electron chi connectivity index (χ0n) is 14.7. The zero-order chi connectivity index (χ0) is 19.2. The molecule has 1 saturated heterocycles. The number of halogens is 2. The predicted octanol–water partition coefficient (Wildman–Crippen LogP) is 3.66. The zero-order valence-corrected chi connectivity index (χ0v) is 17.1. The molecule has 27 heavy (non-hydrogen) atoms. The van der Waals surface area contributed by atoms with Crippen LogP contribution in [-0.2, 0) is 17.8 Å². The van der Waals surface area contributed by atoms with Gasteiger partial charge in [0.1, 0.15) is 0 Å². The van der Waals surface area contributed by atoms with Gasteiger partial charge >= 0.3 is 5.69 Å². The first kappa shape index (κ1) is 18.5. The molecular weight excluding hydrogens is 432 g/mol. The van der Waals surface area contributed by atoms with Crippen LogP contribution in [0, 0.1) is 5.41 Å². The van der Waals surface area contributed by atoms with Gasteiger partial charge in [-0.05, 0) is 35.9 Å². The molecular formula is C20H18BrClN2O3. The van der Waals surface area contributed by atoms with Gasteiger partial charge in [0.05, 0.1) is 30.7 Å². The van der Waals surface area contributed by atoms with Crippen LogP contribution in [0.1, 0.15) is 12.5 Å². The first-order chi connectivity index (χ1) is 12.9. The molecule has 0 radical (unpaired) electrons. The molecule has 0 bridgehead atoms. The molecule has 3 aromatic rings. The lowest BCUT2D eigenvalue weighted by Crippen LogP contribution is -2.48. The van der Waals surface area contributed by atoms with Gasteiger partial charge in [0, 0.05) is 21.5 Å². The second-order valence-electron chi connectivity index (χ2n) is 7.35. The van der Waals surface area contributed by atoms with E-state index in [0.717, 1.165) is 10.0 Å². The SMILES string of the molecule is CC1(Cn2c(=O)n(Cc3ccc(Br)cc3)c(=O)c3ccc(Cl)cc32)COC1. The van der Waals surface area contributed by atoms with Gasteiger partial charge in [-0.2, -0.15) is 0 Å². The van der Waals surface area contributed by atoms with Crippen LogP contribution in [-0.4, -0.2) is 22.3 Å². The normalized spacial score (nSPS) is 15.7. The fraction of sp³-hybridized carbons (Fsp3) is 0.300. The van der Waals surface area contributed by atoms with Gasteiger partial charge in [-0.1, -0.05) is 46.6 Å². The molecule has 0 saturated carbocycles. The monoisotopic (exact) mass is 448 g/mol. The summed E-state index contributed by atoms with van der Waals surface area (Å²) in [7, 11) is 0. The van der Waals surface area contributed by atoms with Crippen molar-refractivity contribution in [2.75, 3.05) is 13.2 Å². The maximum Gasteiger partial charge on any atom is 0.331 e. The molecule has 0 aliphatic carbocycles. The van der Waals surface area contributed by atoms with Gasteiger partial charge < -0.3 is 4.74 Å². The summed E-state index contributed by atoms with van der Waals surface area (Å²) in [5.41, 5.74) is 0.693. The van der Waals surface area contributed by atoms with E-state index < -0.39 is 0 Å². The summed E-state index contributed by atoms with van der Waals surface area (Å²) in [6.07, 6.45) is 0. The molecule has 7 heteroatoms. The van der Waals surface area contributed by atoms with Crippen LogP contribution in [0.25, 0.3) is 10.9 Å². The van der Waals surface area contributed by atoms with E-state index in [1.165, 1.54) is 4.57 Å². The molecule has 1 aromatic heterocycles. The molecule has 2 aromatic carbocycles.